The Labute approximate surface area is 414 Å². The predicted molar refractivity (Wildman–Crippen MR) is 280 cm³/mol. The molecule has 0 aromatic carbocycles. The number of aliphatic hydroxyl groups is 4. The summed E-state index contributed by atoms with van der Waals surface area (Å²) in [4.78, 5) is 12.9. The highest BCUT2D eigenvalue weighted by Gasteiger charge is 2.44. The van der Waals surface area contributed by atoms with Gasteiger partial charge in [-0.1, -0.05) is 284 Å². The van der Waals surface area contributed by atoms with Crippen molar-refractivity contribution in [2.75, 3.05) is 26.4 Å². The van der Waals surface area contributed by atoms with Crippen molar-refractivity contribution < 1.29 is 44.2 Å². The Morgan fingerprint density at radius 3 is 1.06 bits per heavy atom. The van der Waals surface area contributed by atoms with E-state index in [9.17, 15) is 25.2 Å². The van der Waals surface area contributed by atoms with Crippen LogP contribution in [0, 0.1) is 0 Å². The summed E-state index contributed by atoms with van der Waals surface area (Å²) in [6.45, 7) is 4.65. The standard InChI is InChI=1S/C58H114O9/c1-3-5-7-9-11-13-15-17-19-21-23-25-26-27-29-31-33-35-37-39-41-43-45-47-54(60)66-52(51-65-58-57(63)56(62)55(61)53(49-59)67-58)50-64-48-46-44-42-40-38-36-34-32-30-28-24-22-20-18-16-14-12-10-8-6-4-2/h52-53,55-59,61-63H,3-51H2,1-2H3. The molecule has 1 aliphatic heterocycles. The number of rotatable bonds is 53. The molecule has 0 aromatic rings. The molecule has 6 unspecified atom stereocenters. The largest absolute Gasteiger partial charge is 0.457 e. The molecule has 67 heavy (non-hydrogen) atoms. The van der Waals surface area contributed by atoms with E-state index in [4.69, 9.17) is 18.9 Å². The third kappa shape index (κ3) is 40.5. The van der Waals surface area contributed by atoms with Gasteiger partial charge >= 0.3 is 5.97 Å². The Balaban J connectivity index is 2.12. The molecule has 0 aromatic heterocycles. The van der Waals surface area contributed by atoms with Crippen LogP contribution in [0.4, 0.5) is 0 Å². The first-order valence-electron chi connectivity index (χ1n) is 29.6. The summed E-state index contributed by atoms with van der Waals surface area (Å²) in [7, 11) is 0. The highest BCUT2D eigenvalue weighted by Crippen LogP contribution is 2.23. The SMILES string of the molecule is CCCCCCCCCCCCCCCCCCCCCCCCCC(=O)OC(COCCCCCCCCCCCCCCCCCCCCCCC)COC1OC(CO)C(O)C(O)C1O. The monoisotopic (exact) mass is 955 g/mol. The molecule has 9 heteroatoms. The van der Waals surface area contributed by atoms with Gasteiger partial charge in [-0.05, 0) is 12.8 Å². The normalized spacial score (nSPS) is 19.0. The Hall–Kier alpha value is -0.810. The number of aliphatic hydroxyl groups excluding tert-OH is 4. The summed E-state index contributed by atoms with van der Waals surface area (Å²) in [5.74, 6) is -0.302. The third-order valence-corrected chi connectivity index (χ3v) is 14.3. The molecule has 0 spiro atoms. The second kappa shape index (κ2) is 50.1. The van der Waals surface area contributed by atoms with Crippen LogP contribution in [-0.2, 0) is 23.7 Å². The number of esters is 1. The average molecular weight is 956 g/mol. The van der Waals surface area contributed by atoms with Crippen molar-refractivity contribution >= 4 is 5.97 Å². The van der Waals surface area contributed by atoms with Gasteiger partial charge in [-0.2, -0.15) is 0 Å². The molecule has 1 saturated heterocycles. The van der Waals surface area contributed by atoms with Crippen LogP contribution in [0.1, 0.15) is 303 Å². The minimum absolute atomic E-state index is 0.104. The summed E-state index contributed by atoms with van der Waals surface area (Å²) in [5.41, 5.74) is 0. The smallest absolute Gasteiger partial charge is 0.306 e. The van der Waals surface area contributed by atoms with E-state index in [0.29, 0.717) is 13.0 Å². The topological polar surface area (TPSA) is 135 Å². The van der Waals surface area contributed by atoms with E-state index in [1.807, 2.05) is 0 Å². The van der Waals surface area contributed by atoms with Crippen LogP contribution in [0.5, 0.6) is 0 Å². The number of carbonyl (C=O) groups excluding carboxylic acids is 1. The molecule has 1 aliphatic rings. The molecular weight excluding hydrogens is 841 g/mol. The van der Waals surface area contributed by atoms with Crippen LogP contribution >= 0.6 is 0 Å². The molecule has 4 N–H and O–H groups in total. The summed E-state index contributed by atoms with van der Waals surface area (Å²) in [6.07, 6.45) is 51.6. The maximum Gasteiger partial charge on any atom is 0.306 e. The van der Waals surface area contributed by atoms with Crippen molar-refractivity contribution in [2.45, 2.75) is 340 Å². The molecule has 0 radical (unpaired) electrons. The fourth-order valence-electron chi connectivity index (χ4n) is 9.67. The fourth-order valence-corrected chi connectivity index (χ4v) is 9.67. The number of ether oxygens (including phenoxy) is 4. The summed E-state index contributed by atoms with van der Waals surface area (Å²) in [6, 6.07) is 0. The van der Waals surface area contributed by atoms with Gasteiger partial charge in [0.2, 0.25) is 0 Å². The van der Waals surface area contributed by atoms with Crippen molar-refractivity contribution in [1.29, 1.82) is 0 Å². The van der Waals surface area contributed by atoms with Crippen LogP contribution < -0.4 is 0 Å². The van der Waals surface area contributed by atoms with Gasteiger partial charge in [-0.15, -0.1) is 0 Å². The van der Waals surface area contributed by atoms with Gasteiger partial charge in [-0.3, -0.25) is 4.79 Å². The van der Waals surface area contributed by atoms with Crippen LogP contribution in [0.25, 0.3) is 0 Å². The Morgan fingerprint density at radius 2 is 0.731 bits per heavy atom. The van der Waals surface area contributed by atoms with Crippen molar-refractivity contribution in [2.24, 2.45) is 0 Å². The minimum Gasteiger partial charge on any atom is -0.457 e. The number of unbranched alkanes of at least 4 members (excludes halogenated alkanes) is 42. The van der Waals surface area contributed by atoms with E-state index in [0.717, 1.165) is 32.1 Å². The van der Waals surface area contributed by atoms with E-state index in [2.05, 4.69) is 13.8 Å². The van der Waals surface area contributed by atoms with Gasteiger partial charge in [-0.25, -0.2) is 0 Å². The van der Waals surface area contributed by atoms with E-state index in [1.165, 1.54) is 250 Å². The first kappa shape index (κ1) is 64.2. The average Bonchev–Trinajstić information content (AvgIpc) is 3.33. The molecule has 0 saturated carbocycles. The zero-order chi connectivity index (χ0) is 48.5. The number of hydrogen-bond donors (Lipinski definition) is 4. The lowest BCUT2D eigenvalue weighted by Crippen LogP contribution is -2.59. The quantitative estimate of drug-likeness (QED) is 0.0347. The van der Waals surface area contributed by atoms with Crippen molar-refractivity contribution in [3.8, 4) is 0 Å². The molecule has 0 bridgehead atoms. The molecular formula is C58H114O9. The summed E-state index contributed by atoms with van der Waals surface area (Å²) >= 11 is 0. The lowest BCUT2D eigenvalue weighted by atomic mass is 9.99. The van der Waals surface area contributed by atoms with Gasteiger partial charge < -0.3 is 39.4 Å². The summed E-state index contributed by atoms with van der Waals surface area (Å²) < 4.78 is 23.0. The highest BCUT2D eigenvalue weighted by atomic mass is 16.7. The Bertz CT molecular complexity index is 997. The van der Waals surface area contributed by atoms with Crippen molar-refractivity contribution in [3.63, 3.8) is 0 Å². The van der Waals surface area contributed by atoms with E-state index in [1.54, 1.807) is 0 Å². The maximum atomic E-state index is 12.9. The molecule has 0 amide bonds. The van der Waals surface area contributed by atoms with Gasteiger partial charge in [0.15, 0.2) is 6.29 Å². The van der Waals surface area contributed by atoms with E-state index in [-0.39, 0.29) is 19.2 Å². The Kier molecular flexibility index (Phi) is 48.1. The van der Waals surface area contributed by atoms with Crippen LogP contribution in [0.2, 0.25) is 0 Å². The van der Waals surface area contributed by atoms with Gasteiger partial charge in [0, 0.05) is 13.0 Å². The van der Waals surface area contributed by atoms with E-state index >= 15 is 0 Å². The summed E-state index contributed by atoms with van der Waals surface area (Å²) in [5, 5.41) is 40.4. The van der Waals surface area contributed by atoms with Gasteiger partial charge in [0.1, 0.15) is 30.5 Å². The third-order valence-electron chi connectivity index (χ3n) is 14.3. The van der Waals surface area contributed by atoms with Gasteiger partial charge in [0.05, 0.1) is 19.8 Å². The molecule has 0 aliphatic carbocycles. The predicted octanol–water partition coefficient (Wildman–Crippen LogP) is 15.3. The van der Waals surface area contributed by atoms with Crippen molar-refractivity contribution in [3.05, 3.63) is 0 Å². The lowest BCUT2D eigenvalue weighted by molar-refractivity contribution is -0.305. The molecule has 400 valence electrons. The fraction of sp³-hybridized carbons (Fsp3) is 0.983. The second-order valence-electron chi connectivity index (χ2n) is 20.8. The Morgan fingerprint density at radius 1 is 0.418 bits per heavy atom. The molecule has 6 atom stereocenters. The molecule has 1 fully saturated rings. The number of carbonyl (C=O) groups is 1. The zero-order valence-electron chi connectivity index (χ0n) is 44.4. The van der Waals surface area contributed by atoms with E-state index < -0.39 is 43.4 Å². The van der Waals surface area contributed by atoms with Crippen LogP contribution in [0.15, 0.2) is 0 Å². The highest BCUT2D eigenvalue weighted by molar-refractivity contribution is 5.69. The molecule has 9 nitrogen and oxygen atoms in total. The lowest BCUT2D eigenvalue weighted by Gasteiger charge is -2.39. The molecule has 1 heterocycles. The molecule has 1 rings (SSSR count). The van der Waals surface area contributed by atoms with Crippen LogP contribution in [-0.4, -0.2) is 89.6 Å². The van der Waals surface area contributed by atoms with Gasteiger partial charge in [0.25, 0.3) is 0 Å². The number of hydrogen-bond acceptors (Lipinski definition) is 9. The minimum atomic E-state index is -1.53. The second-order valence-corrected chi connectivity index (χ2v) is 20.8. The first-order valence-corrected chi connectivity index (χ1v) is 29.6. The van der Waals surface area contributed by atoms with Crippen molar-refractivity contribution in [1.82, 2.24) is 0 Å². The van der Waals surface area contributed by atoms with Crippen LogP contribution in [0.3, 0.4) is 0 Å². The first-order chi connectivity index (χ1) is 32.9. The maximum absolute atomic E-state index is 12.9. The zero-order valence-corrected chi connectivity index (χ0v) is 44.4.